The maximum atomic E-state index is 7.59. The molecule has 0 aliphatic carbocycles. The monoisotopic (exact) mass is 1890 g/mol. The standard InChI is InChI=1S/C130H234O6/c1-25-49-103(13)61-37-43-67-117(79-73-109(19)55-31-7)97-131-123-93-127(133-99-119(81-75-111(21)57-33-9)69-45-39-63-105(15)51-27-3)125(128(94-123)134-100-120(82-76-112(22)58-34-10)70-46-40-64-106(16)52-28-4)91-89-115-85-87-116(88-86-115)90-92-126-129(135-101-121(83-77-113(23)59-35-11)71-47-41-65-107(17)53-29-5)95-124(132-98-118(80-74-110(20)56-32-8)68-44-38-62-104(14)50-26-2)96-130(126)136-102-122(84-78-114(24)60-36-12)72-48-42-66-108(18)54-30-6/h85-96,103-114,117-122H,25-84,97-102H2,1-24H3. The van der Waals surface area contributed by atoms with Crippen LogP contribution in [0.3, 0.4) is 0 Å². The van der Waals surface area contributed by atoms with Crippen LogP contribution in [0.2, 0.25) is 0 Å². The molecule has 18 atom stereocenters. The van der Waals surface area contributed by atoms with Crippen molar-refractivity contribution in [2.75, 3.05) is 39.6 Å². The normalized spacial score (nSPS) is 16.1. The van der Waals surface area contributed by atoms with Gasteiger partial charge in [0.1, 0.15) is 34.5 Å². The van der Waals surface area contributed by atoms with E-state index in [1.165, 1.54) is 385 Å². The molecule has 6 heteroatoms. The number of hydrogen-bond acceptors (Lipinski definition) is 6. The zero-order chi connectivity index (χ0) is 99.6. The smallest absolute Gasteiger partial charge is 0.133 e. The Morgan fingerprint density at radius 3 is 0.478 bits per heavy atom. The van der Waals surface area contributed by atoms with Crippen LogP contribution in [0.25, 0.3) is 24.3 Å². The Hall–Kier alpha value is -4.06. The van der Waals surface area contributed by atoms with E-state index in [1.54, 1.807) is 0 Å². The van der Waals surface area contributed by atoms with Gasteiger partial charge in [-0.1, -0.05) is 511 Å². The highest BCUT2D eigenvalue weighted by molar-refractivity contribution is 5.79. The quantitative estimate of drug-likeness (QED) is 0.0415. The fourth-order valence-electron chi connectivity index (χ4n) is 22.7. The lowest BCUT2D eigenvalue weighted by atomic mass is 9.90. The van der Waals surface area contributed by atoms with Crippen LogP contribution >= 0.6 is 0 Å². The molecular weight excluding hydrogens is 1660 g/mol. The van der Waals surface area contributed by atoms with Crippen molar-refractivity contribution in [2.45, 2.75) is 551 Å². The Kier molecular flexibility index (Phi) is 76.3. The topological polar surface area (TPSA) is 55.4 Å². The Morgan fingerprint density at radius 1 is 0.169 bits per heavy atom. The van der Waals surface area contributed by atoms with E-state index in [-0.39, 0.29) is 0 Å². The van der Waals surface area contributed by atoms with E-state index in [2.05, 4.69) is 239 Å². The van der Waals surface area contributed by atoms with Gasteiger partial charge in [-0.05, 0) is 207 Å². The summed E-state index contributed by atoms with van der Waals surface area (Å²) in [6.07, 6.45) is 85.3. The van der Waals surface area contributed by atoms with Crippen molar-refractivity contribution in [1.29, 1.82) is 0 Å². The predicted molar refractivity (Wildman–Crippen MR) is 606 cm³/mol. The first kappa shape index (κ1) is 126. The minimum atomic E-state index is 0.462. The molecule has 790 valence electrons. The van der Waals surface area contributed by atoms with E-state index in [4.69, 9.17) is 28.4 Å². The minimum Gasteiger partial charge on any atom is -0.493 e. The second kappa shape index (κ2) is 82.3. The maximum Gasteiger partial charge on any atom is 0.133 e. The third kappa shape index (κ3) is 62.5. The molecule has 0 radical (unpaired) electrons. The highest BCUT2D eigenvalue weighted by Gasteiger charge is 2.26. The van der Waals surface area contributed by atoms with Crippen molar-refractivity contribution in [3.63, 3.8) is 0 Å². The number of ether oxygens (including phenoxy) is 6. The molecule has 136 heavy (non-hydrogen) atoms. The van der Waals surface area contributed by atoms with Crippen LogP contribution in [0.1, 0.15) is 574 Å². The van der Waals surface area contributed by atoms with Crippen LogP contribution in [-0.2, 0) is 0 Å². The van der Waals surface area contributed by atoms with Crippen molar-refractivity contribution < 1.29 is 28.4 Å². The summed E-state index contributed by atoms with van der Waals surface area (Å²) in [5.74, 6) is 17.2. The molecule has 6 nitrogen and oxygen atoms in total. The van der Waals surface area contributed by atoms with Gasteiger partial charge in [0.15, 0.2) is 0 Å². The molecule has 3 aromatic carbocycles. The molecule has 0 bridgehead atoms. The fraction of sp³-hybridized carbons (Fsp3) is 0.831. The van der Waals surface area contributed by atoms with Gasteiger partial charge in [0.2, 0.25) is 0 Å². The third-order valence-corrected chi connectivity index (χ3v) is 32.0. The summed E-state index contributed by atoms with van der Waals surface area (Å²) < 4.78 is 45.1. The Labute approximate surface area is 850 Å². The first-order chi connectivity index (χ1) is 65.9. The molecule has 3 rings (SSSR count). The summed E-state index contributed by atoms with van der Waals surface area (Å²) in [6.45, 7) is 62.2. The number of benzene rings is 3. The van der Waals surface area contributed by atoms with Gasteiger partial charge in [-0.25, -0.2) is 0 Å². The third-order valence-electron chi connectivity index (χ3n) is 32.0. The zero-order valence-electron chi connectivity index (χ0n) is 95.4. The molecule has 0 saturated carbocycles. The van der Waals surface area contributed by atoms with Crippen molar-refractivity contribution in [2.24, 2.45) is 107 Å². The van der Waals surface area contributed by atoms with E-state index in [9.17, 15) is 0 Å². The van der Waals surface area contributed by atoms with E-state index in [0.29, 0.717) is 85.6 Å². The molecule has 0 saturated heterocycles. The summed E-state index contributed by atoms with van der Waals surface area (Å²) in [6, 6.07) is 18.5. The van der Waals surface area contributed by atoms with Gasteiger partial charge < -0.3 is 28.4 Å². The SMILES string of the molecule is CCCC(C)CCCCC(CCC(C)CCC)COc1cc(OCC(CCCCC(C)CCC)CCC(C)CCC)c(C=Cc2ccc(C=Cc3c(OCC(CCCCC(C)CCC)CCC(C)CCC)cc(OCC(CCCCC(C)CCC)CCC(C)CCC)cc3OCC(CCCCC(C)CCC)CCC(C)CCC)cc2)c(OCC(CCCCC(C)CCC)CCC(C)CCC)c1. The van der Waals surface area contributed by atoms with Crippen molar-refractivity contribution >= 4 is 24.3 Å². The van der Waals surface area contributed by atoms with Gasteiger partial charge in [0.05, 0.1) is 50.8 Å². The lowest BCUT2D eigenvalue weighted by molar-refractivity contribution is 0.199. The van der Waals surface area contributed by atoms with Gasteiger partial charge in [-0.2, -0.15) is 0 Å². The molecule has 18 unspecified atom stereocenters. The lowest BCUT2D eigenvalue weighted by Gasteiger charge is -2.24. The van der Waals surface area contributed by atoms with E-state index < -0.39 is 0 Å². The van der Waals surface area contributed by atoms with E-state index in [1.807, 2.05) is 0 Å². The Morgan fingerprint density at radius 2 is 0.316 bits per heavy atom. The molecule has 0 heterocycles. The molecule has 0 aromatic heterocycles. The van der Waals surface area contributed by atoms with Gasteiger partial charge in [-0.3, -0.25) is 0 Å². The maximum absolute atomic E-state index is 7.59. The van der Waals surface area contributed by atoms with Crippen LogP contribution in [0.4, 0.5) is 0 Å². The molecule has 3 aromatic rings. The van der Waals surface area contributed by atoms with Crippen molar-refractivity contribution in [1.82, 2.24) is 0 Å². The lowest BCUT2D eigenvalue weighted by Crippen LogP contribution is -2.17. The van der Waals surface area contributed by atoms with Crippen LogP contribution in [0, 0.1) is 107 Å². The second-order valence-corrected chi connectivity index (χ2v) is 47.0. The van der Waals surface area contributed by atoms with Crippen molar-refractivity contribution in [3.8, 4) is 34.5 Å². The number of rotatable bonds is 94. The summed E-state index contributed by atoms with van der Waals surface area (Å²) in [7, 11) is 0. The molecule has 0 spiro atoms. The summed E-state index contributed by atoms with van der Waals surface area (Å²) in [4.78, 5) is 0. The van der Waals surface area contributed by atoms with Crippen molar-refractivity contribution in [3.05, 3.63) is 70.8 Å². The Bertz CT molecular complexity index is 2910. The molecule has 0 N–H and O–H groups in total. The number of hydrogen-bond donors (Lipinski definition) is 0. The molecule has 0 amide bonds. The summed E-state index contributed by atoms with van der Waals surface area (Å²) >= 11 is 0. The zero-order valence-corrected chi connectivity index (χ0v) is 95.4. The van der Waals surface area contributed by atoms with Crippen LogP contribution in [0.15, 0.2) is 48.5 Å². The van der Waals surface area contributed by atoms with Crippen LogP contribution < -0.4 is 28.4 Å². The largest absolute Gasteiger partial charge is 0.493 e. The van der Waals surface area contributed by atoms with E-state index in [0.717, 1.165) is 117 Å². The van der Waals surface area contributed by atoms with Crippen LogP contribution in [0.5, 0.6) is 34.5 Å². The minimum absolute atomic E-state index is 0.462. The molecule has 0 fully saturated rings. The van der Waals surface area contributed by atoms with Crippen LogP contribution in [-0.4, -0.2) is 39.6 Å². The van der Waals surface area contributed by atoms with Gasteiger partial charge >= 0.3 is 0 Å². The summed E-state index contributed by atoms with van der Waals surface area (Å²) in [5, 5.41) is 0. The van der Waals surface area contributed by atoms with Gasteiger partial charge in [0, 0.05) is 24.3 Å². The molecule has 0 aliphatic rings. The highest BCUT2D eigenvalue weighted by Crippen LogP contribution is 2.43. The first-order valence-corrected chi connectivity index (χ1v) is 60.5. The highest BCUT2D eigenvalue weighted by atomic mass is 16.5. The first-order valence-electron chi connectivity index (χ1n) is 60.5. The molecule has 0 aliphatic heterocycles. The predicted octanol–water partition coefficient (Wildman–Crippen LogP) is 43.3. The average Bonchev–Trinajstić information content (AvgIpc) is 0.818. The summed E-state index contributed by atoms with van der Waals surface area (Å²) in [5.41, 5.74) is 4.37. The average molecular weight is 1890 g/mol. The number of unbranched alkanes of at least 4 members (excludes halogenated alkanes) is 6. The fourth-order valence-corrected chi connectivity index (χ4v) is 22.7. The molecular formula is C130H234O6. The van der Waals surface area contributed by atoms with Gasteiger partial charge in [0.25, 0.3) is 0 Å². The Balaban J connectivity index is 2.56. The second-order valence-electron chi connectivity index (χ2n) is 47.0. The van der Waals surface area contributed by atoms with E-state index >= 15 is 0 Å². The van der Waals surface area contributed by atoms with Gasteiger partial charge in [-0.15, -0.1) is 0 Å².